The lowest BCUT2D eigenvalue weighted by molar-refractivity contribution is 0.178. The van der Waals surface area contributed by atoms with Crippen molar-refractivity contribution in [1.29, 1.82) is 0 Å². The minimum absolute atomic E-state index is 0.131. The smallest absolute Gasteiger partial charge is 0.130 e. The number of aryl methyl sites for hydroxylation is 2. The zero-order valence-electron chi connectivity index (χ0n) is 18.6. The number of para-hydroxylation sites is 2. The van der Waals surface area contributed by atoms with Crippen molar-refractivity contribution >= 4 is 11.4 Å². The van der Waals surface area contributed by atoms with Crippen molar-refractivity contribution in [2.45, 2.75) is 32.9 Å². The van der Waals surface area contributed by atoms with E-state index < -0.39 is 0 Å². The van der Waals surface area contributed by atoms with Crippen LogP contribution in [0, 0.1) is 13.8 Å². The van der Waals surface area contributed by atoms with Crippen molar-refractivity contribution in [3.63, 3.8) is 0 Å². The first-order valence-electron chi connectivity index (χ1n) is 10.8. The molecule has 0 bridgehead atoms. The summed E-state index contributed by atoms with van der Waals surface area (Å²) < 4.78 is 5.66. The molecule has 4 nitrogen and oxygen atoms in total. The van der Waals surface area contributed by atoms with Crippen molar-refractivity contribution in [2.75, 3.05) is 23.5 Å². The first-order valence-corrected chi connectivity index (χ1v) is 10.8. The molecule has 2 N–H and O–H groups in total. The molecule has 0 unspecified atom stereocenters. The Morgan fingerprint density at radius 1 is 0.839 bits per heavy atom. The third kappa shape index (κ3) is 4.44. The third-order valence-corrected chi connectivity index (χ3v) is 5.88. The average Bonchev–Trinajstić information content (AvgIpc) is 3.10. The Labute approximate surface area is 185 Å². The summed E-state index contributed by atoms with van der Waals surface area (Å²) in [5, 5.41) is 0. The molecule has 0 fully saturated rings. The molecule has 4 rings (SSSR count). The van der Waals surface area contributed by atoms with Crippen LogP contribution in [-0.4, -0.2) is 19.8 Å². The van der Waals surface area contributed by atoms with E-state index in [0.717, 1.165) is 18.8 Å². The molecular weight excluding hydrogens is 382 g/mol. The minimum Gasteiger partial charge on any atom is -0.402 e. The summed E-state index contributed by atoms with van der Waals surface area (Å²) in [6.45, 7) is 5.60. The molecule has 160 valence electrons. The highest BCUT2D eigenvalue weighted by Gasteiger charge is 2.35. The molecule has 1 atom stereocenters. The molecule has 0 amide bonds. The van der Waals surface area contributed by atoms with Crippen molar-refractivity contribution < 1.29 is 4.74 Å². The van der Waals surface area contributed by atoms with Gasteiger partial charge in [-0.3, -0.25) is 0 Å². The molecule has 4 heteroatoms. The molecule has 0 radical (unpaired) electrons. The molecule has 0 aromatic heterocycles. The Morgan fingerprint density at radius 3 is 2.00 bits per heavy atom. The summed E-state index contributed by atoms with van der Waals surface area (Å²) >= 11 is 0. The van der Waals surface area contributed by atoms with Gasteiger partial charge in [0.05, 0.1) is 24.0 Å². The van der Waals surface area contributed by atoms with Crippen LogP contribution < -0.4 is 15.5 Å². The molecule has 1 aliphatic rings. The minimum atomic E-state index is 0.131. The van der Waals surface area contributed by atoms with E-state index in [9.17, 15) is 0 Å². The fourth-order valence-corrected chi connectivity index (χ4v) is 4.28. The Balaban J connectivity index is 1.69. The summed E-state index contributed by atoms with van der Waals surface area (Å²) in [5.41, 5.74) is 13.6. The van der Waals surface area contributed by atoms with Gasteiger partial charge in [0.1, 0.15) is 5.82 Å². The molecule has 0 spiro atoms. The Hall–Kier alpha value is -3.24. The number of benzene rings is 3. The summed E-state index contributed by atoms with van der Waals surface area (Å²) in [4.78, 5) is 4.64. The Kier molecular flexibility index (Phi) is 6.28. The molecule has 0 saturated carbocycles. The fraction of sp³-hybridized carbons (Fsp3) is 0.259. The van der Waals surface area contributed by atoms with Crippen LogP contribution in [0.25, 0.3) is 0 Å². The van der Waals surface area contributed by atoms with Crippen LogP contribution in [0.2, 0.25) is 0 Å². The van der Waals surface area contributed by atoms with E-state index in [0.29, 0.717) is 6.61 Å². The van der Waals surface area contributed by atoms with Gasteiger partial charge in [-0.15, -0.1) is 0 Å². The average molecular weight is 414 g/mol. The van der Waals surface area contributed by atoms with Gasteiger partial charge in [0.2, 0.25) is 0 Å². The SMILES string of the molecule is COC[C@H](Cc1ccc(C)cc1)N1C(=CN)N(Cc2ccc(C)cc2)c2ccccc21. The lowest BCUT2D eigenvalue weighted by atomic mass is 10.0. The summed E-state index contributed by atoms with van der Waals surface area (Å²) in [7, 11) is 1.76. The van der Waals surface area contributed by atoms with Gasteiger partial charge in [0, 0.05) is 19.9 Å². The third-order valence-electron chi connectivity index (χ3n) is 5.88. The number of nitrogens with two attached hydrogens (primary N) is 1. The zero-order valence-corrected chi connectivity index (χ0v) is 18.6. The standard InChI is InChI=1S/C27H31N3O/c1-20-8-12-22(13-9-20)16-24(19-31-3)30-26-7-5-4-6-25(26)29(27(30)17-28)18-23-14-10-21(2)11-15-23/h4-15,17,24H,16,18-19,28H2,1-3H3/t24-/m0/s1. The number of hydrogen-bond donors (Lipinski definition) is 1. The molecule has 3 aromatic carbocycles. The number of nitrogens with zero attached hydrogens (tertiary/aromatic N) is 2. The van der Waals surface area contributed by atoms with Gasteiger partial charge in [-0.05, 0) is 43.5 Å². The van der Waals surface area contributed by atoms with Crippen LogP contribution in [0.15, 0.2) is 84.8 Å². The van der Waals surface area contributed by atoms with E-state index in [2.05, 4.69) is 96.4 Å². The van der Waals surface area contributed by atoms with Crippen LogP contribution in [0.5, 0.6) is 0 Å². The number of hydrogen-bond acceptors (Lipinski definition) is 4. The van der Waals surface area contributed by atoms with Gasteiger partial charge in [0.25, 0.3) is 0 Å². The molecular formula is C27H31N3O. The van der Waals surface area contributed by atoms with E-state index >= 15 is 0 Å². The zero-order chi connectivity index (χ0) is 21.8. The first-order chi connectivity index (χ1) is 15.1. The second-order valence-electron chi connectivity index (χ2n) is 8.25. The number of ether oxygens (including phenoxy) is 1. The number of anilines is 2. The predicted molar refractivity (Wildman–Crippen MR) is 129 cm³/mol. The van der Waals surface area contributed by atoms with E-state index in [1.807, 2.05) is 0 Å². The highest BCUT2D eigenvalue weighted by atomic mass is 16.5. The van der Waals surface area contributed by atoms with E-state index in [-0.39, 0.29) is 6.04 Å². The Bertz CT molecular complexity index is 1040. The largest absolute Gasteiger partial charge is 0.402 e. The van der Waals surface area contributed by atoms with Crippen LogP contribution in [0.1, 0.15) is 22.3 Å². The summed E-state index contributed by atoms with van der Waals surface area (Å²) in [6.07, 6.45) is 2.60. The normalized spacial score (nSPS) is 15.4. The van der Waals surface area contributed by atoms with Gasteiger partial charge in [0.15, 0.2) is 0 Å². The van der Waals surface area contributed by atoms with Gasteiger partial charge in [-0.1, -0.05) is 71.8 Å². The van der Waals surface area contributed by atoms with Crippen molar-refractivity contribution in [1.82, 2.24) is 0 Å². The van der Waals surface area contributed by atoms with Gasteiger partial charge in [-0.25, -0.2) is 0 Å². The monoisotopic (exact) mass is 413 g/mol. The second kappa shape index (κ2) is 9.27. The number of rotatable bonds is 7. The Morgan fingerprint density at radius 2 is 1.42 bits per heavy atom. The van der Waals surface area contributed by atoms with E-state index in [4.69, 9.17) is 10.5 Å². The van der Waals surface area contributed by atoms with Gasteiger partial charge in [-0.2, -0.15) is 0 Å². The van der Waals surface area contributed by atoms with Crippen molar-refractivity contribution in [3.8, 4) is 0 Å². The lowest BCUT2D eigenvalue weighted by Crippen LogP contribution is -2.41. The molecule has 31 heavy (non-hydrogen) atoms. The van der Waals surface area contributed by atoms with Crippen molar-refractivity contribution in [2.24, 2.45) is 5.73 Å². The molecule has 0 saturated heterocycles. The number of methoxy groups -OCH3 is 1. The second-order valence-corrected chi connectivity index (χ2v) is 8.25. The molecule has 3 aromatic rings. The van der Waals surface area contributed by atoms with Crippen molar-refractivity contribution in [3.05, 3.63) is 107 Å². The van der Waals surface area contributed by atoms with Crippen LogP contribution >= 0.6 is 0 Å². The van der Waals surface area contributed by atoms with Gasteiger partial charge >= 0.3 is 0 Å². The maximum Gasteiger partial charge on any atom is 0.130 e. The molecule has 1 heterocycles. The van der Waals surface area contributed by atoms with Crippen LogP contribution in [0.4, 0.5) is 11.4 Å². The van der Waals surface area contributed by atoms with E-state index in [1.54, 1.807) is 13.3 Å². The fourth-order valence-electron chi connectivity index (χ4n) is 4.28. The molecule has 1 aliphatic heterocycles. The maximum atomic E-state index is 6.23. The highest BCUT2D eigenvalue weighted by molar-refractivity contribution is 5.83. The number of fused-ring (bicyclic) bond motifs is 1. The quantitative estimate of drug-likeness (QED) is 0.582. The first kappa shape index (κ1) is 21.0. The summed E-state index contributed by atoms with van der Waals surface area (Å²) in [6, 6.07) is 26.1. The lowest BCUT2D eigenvalue weighted by Gasteiger charge is -2.32. The highest BCUT2D eigenvalue weighted by Crippen LogP contribution is 2.43. The summed E-state index contributed by atoms with van der Waals surface area (Å²) in [5.74, 6) is 0.996. The van der Waals surface area contributed by atoms with Crippen LogP contribution in [-0.2, 0) is 17.7 Å². The molecule has 0 aliphatic carbocycles. The van der Waals surface area contributed by atoms with E-state index in [1.165, 1.54) is 33.6 Å². The topological polar surface area (TPSA) is 41.7 Å². The van der Waals surface area contributed by atoms with Crippen LogP contribution in [0.3, 0.4) is 0 Å². The maximum absolute atomic E-state index is 6.23. The predicted octanol–water partition coefficient (Wildman–Crippen LogP) is 5.15. The van der Waals surface area contributed by atoms with Gasteiger partial charge < -0.3 is 20.3 Å².